The maximum absolute atomic E-state index is 12.6. The molecule has 0 fully saturated rings. The zero-order valence-electron chi connectivity index (χ0n) is 19.1. The molecule has 1 aromatic rings. The number of hydrogen-bond donors (Lipinski definition) is 2. The van der Waals surface area contributed by atoms with Gasteiger partial charge < -0.3 is 15.4 Å². The lowest BCUT2D eigenvalue weighted by Crippen LogP contribution is -2.45. The summed E-state index contributed by atoms with van der Waals surface area (Å²) < 4.78 is 5.63. The molecule has 0 saturated heterocycles. The number of nitrogens with one attached hydrogen (secondary N) is 2. The van der Waals surface area contributed by atoms with Crippen molar-refractivity contribution in [2.24, 2.45) is 17.3 Å². The molecule has 0 aliphatic rings. The van der Waals surface area contributed by atoms with E-state index in [9.17, 15) is 19.2 Å². The first-order valence-corrected chi connectivity index (χ1v) is 11.8. The smallest absolute Gasteiger partial charge is 0.311 e. The summed E-state index contributed by atoms with van der Waals surface area (Å²) in [5.41, 5.74) is 0.807. The molecular weight excluding hydrogens is 511 g/mol. The molecule has 0 heterocycles. The Labute approximate surface area is 198 Å². The van der Waals surface area contributed by atoms with Gasteiger partial charge in [-0.15, -0.1) is 0 Å². The summed E-state index contributed by atoms with van der Waals surface area (Å²) in [4.78, 5) is 48.6. The predicted octanol–water partition coefficient (Wildman–Crippen LogP) is 3.89. The van der Waals surface area contributed by atoms with Crippen LogP contribution in [0.25, 0.3) is 0 Å². The van der Waals surface area contributed by atoms with Crippen LogP contribution >= 0.6 is 22.6 Å². The van der Waals surface area contributed by atoms with E-state index >= 15 is 0 Å². The van der Waals surface area contributed by atoms with Gasteiger partial charge in [0.05, 0.1) is 9.84 Å². The number of hydrogen-bond acceptors (Lipinski definition) is 5. The fourth-order valence-corrected chi connectivity index (χ4v) is 2.93. The Morgan fingerprint density at radius 3 is 2.06 bits per heavy atom. The molecule has 2 atom stereocenters. The molecule has 0 aliphatic heterocycles. The van der Waals surface area contributed by atoms with Crippen molar-refractivity contribution in [2.75, 3.05) is 9.74 Å². The summed E-state index contributed by atoms with van der Waals surface area (Å²) in [5, 5.41) is 5.46. The lowest BCUT2D eigenvalue weighted by atomic mass is 9.90. The van der Waals surface area contributed by atoms with E-state index in [1.807, 2.05) is 36.4 Å². The normalized spacial score (nSPS) is 13.3. The van der Waals surface area contributed by atoms with Gasteiger partial charge in [-0.2, -0.15) is 0 Å². The van der Waals surface area contributed by atoms with Crippen molar-refractivity contribution in [1.82, 2.24) is 5.32 Å². The van der Waals surface area contributed by atoms with Gasteiger partial charge in [-0.05, 0) is 51.3 Å². The zero-order chi connectivity index (χ0) is 23.8. The average Bonchev–Trinajstić information content (AvgIpc) is 2.69. The first-order valence-electron chi connectivity index (χ1n) is 10.3. The van der Waals surface area contributed by atoms with Crippen LogP contribution in [0.5, 0.6) is 0 Å². The molecule has 7 nitrogen and oxygen atoms in total. The van der Waals surface area contributed by atoms with E-state index in [1.54, 1.807) is 52.0 Å². The van der Waals surface area contributed by atoms with Gasteiger partial charge in [0.15, 0.2) is 0 Å². The lowest BCUT2D eigenvalue weighted by molar-refractivity contribution is -0.154. The molecule has 2 amide bonds. The minimum Gasteiger partial charge on any atom is -0.460 e. The van der Waals surface area contributed by atoms with Crippen LogP contribution in [0, 0.1) is 17.3 Å². The summed E-state index contributed by atoms with van der Waals surface area (Å²) in [6.45, 7) is 10.9. The number of ether oxygens (including phenoxy) is 1. The Kier molecular flexibility index (Phi) is 10.6. The molecule has 0 radical (unpaired) electrons. The van der Waals surface area contributed by atoms with Crippen LogP contribution in [0.3, 0.4) is 0 Å². The number of carbonyl (C=O) groups excluding carboxylic acids is 4. The SMILES string of the molecule is CC(C)[C@H](CC(=O)CI)C(=O)N[C@@H](C)C(=O)Nc1ccc(COC(=O)C(C)(C)C)cc1. The Balaban J connectivity index is 2.62. The number of ketones is 1. The molecule has 31 heavy (non-hydrogen) atoms. The van der Waals surface area contributed by atoms with E-state index in [-0.39, 0.29) is 42.5 Å². The summed E-state index contributed by atoms with van der Waals surface area (Å²) in [7, 11) is 0. The van der Waals surface area contributed by atoms with Crippen LogP contribution in [0.4, 0.5) is 5.69 Å². The highest BCUT2D eigenvalue weighted by Crippen LogP contribution is 2.18. The van der Waals surface area contributed by atoms with Crippen molar-refractivity contribution < 1.29 is 23.9 Å². The number of Topliss-reactive ketones (excluding diaryl/α,β-unsaturated/α-hetero) is 1. The summed E-state index contributed by atoms with van der Waals surface area (Å²) >= 11 is 1.99. The lowest BCUT2D eigenvalue weighted by Gasteiger charge is -2.22. The van der Waals surface area contributed by atoms with E-state index in [2.05, 4.69) is 10.6 Å². The molecule has 2 N–H and O–H groups in total. The Bertz CT molecular complexity index is 784. The maximum Gasteiger partial charge on any atom is 0.311 e. The predicted molar refractivity (Wildman–Crippen MR) is 129 cm³/mol. The zero-order valence-corrected chi connectivity index (χ0v) is 21.2. The van der Waals surface area contributed by atoms with Crippen LogP contribution < -0.4 is 10.6 Å². The van der Waals surface area contributed by atoms with E-state index < -0.39 is 17.4 Å². The Hall–Kier alpha value is -1.97. The van der Waals surface area contributed by atoms with Crippen LogP contribution in [0.1, 0.15) is 53.5 Å². The summed E-state index contributed by atoms with van der Waals surface area (Å²) in [6.07, 6.45) is 0.169. The molecule has 8 heteroatoms. The van der Waals surface area contributed by atoms with Crippen molar-refractivity contribution >= 4 is 51.8 Å². The Morgan fingerprint density at radius 2 is 1.58 bits per heavy atom. The first-order chi connectivity index (χ1) is 14.3. The number of amides is 2. The summed E-state index contributed by atoms with van der Waals surface area (Å²) in [5.74, 6) is -1.40. The molecule has 0 aromatic heterocycles. The topological polar surface area (TPSA) is 102 Å². The molecule has 1 rings (SSSR count). The van der Waals surface area contributed by atoms with Gasteiger partial charge in [0.25, 0.3) is 0 Å². The molecule has 1 aromatic carbocycles. The van der Waals surface area contributed by atoms with Crippen LogP contribution in [0.2, 0.25) is 0 Å². The Morgan fingerprint density at radius 1 is 1.00 bits per heavy atom. The molecule has 172 valence electrons. The molecule has 0 spiro atoms. The highest BCUT2D eigenvalue weighted by molar-refractivity contribution is 14.1. The van der Waals surface area contributed by atoms with Crippen molar-refractivity contribution in [3.8, 4) is 0 Å². The number of alkyl halides is 1. The molecule has 0 aliphatic carbocycles. The average molecular weight is 544 g/mol. The quantitative estimate of drug-likeness (QED) is 0.265. The maximum atomic E-state index is 12.6. The van der Waals surface area contributed by atoms with Crippen molar-refractivity contribution in [1.29, 1.82) is 0 Å². The second-order valence-electron chi connectivity index (χ2n) is 8.97. The second-order valence-corrected chi connectivity index (χ2v) is 9.73. The van der Waals surface area contributed by atoms with Crippen LogP contribution in [0.15, 0.2) is 24.3 Å². The molecule has 0 saturated carbocycles. The third kappa shape index (κ3) is 9.37. The van der Waals surface area contributed by atoms with Crippen LogP contribution in [-0.4, -0.2) is 34.0 Å². The highest BCUT2D eigenvalue weighted by Gasteiger charge is 2.27. The standard InChI is InChI=1S/C23H33IN2O5/c1-14(2)19(11-18(27)12-24)21(29)25-15(3)20(28)26-17-9-7-16(8-10-17)13-31-22(30)23(4,5)6/h7-10,14-15,19H,11-13H2,1-6H3,(H,25,29)(H,26,28)/t15-,19-/m0/s1. The van der Waals surface area contributed by atoms with Gasteiger partial charge in [-0.3, -0.25) is 19.2 Å². The largest absolute Gasteiger partial charge is 0.460 e. The number of carbonyl (C=O) groups is 4. The van der Waals surface area contributed by atoms with Gasteiger partial charge in [0, 0.05) is 18.0 Å². The fourth-order valence-electron chi connectivity index (χ4n) is 2.62. The van der Waals surface area contributed by atoms with Gasteiger partial charge >= 0.3 is 5.97 Å². The third-order valence-electron chi connectivity index (χ3n) is 4.69. The number of benzene rings is 1. The van der Waals surface area contributed by atoms with E-state index in [0.717, 1.165) is 5.56 Å². The van der Waals surface area contributed by atoms with Gasteiger partial charge in [0.1, 0.15) is 18.4 Å². The van der Waals surface area contributed by atoms with Crippen molar-refractivity contribution in [2.45, 2.75) is 60.6 Å². The van der Waals surface area contributed by atoms with Gasteiger partial charge in [0.2, 0.25) is 11.8 Å². The van der Waals surface area contributed by atoms with Crippen molar-refractivity contribution in [3.05, 3.63) is 29.8 Å². The van der Waals surface area contributed by atoms with Gasteiger partial charge in [-0.1, -0.05) is 48.6 Å². The second kappa shape index (κ2) is 12.2. The highest BCUT2D eigenvalue weighted by atomic mass is 127. The number of anilines is 1. The van der Waals surface area contributed by atoms with E-state index in [1.165, 1.54) is 0 Å². The minimum atomic E-state index is -0.754. The number of esters is 1. The van der Waals surface area contributed by atoms with E-state index in [4.69, 9.17) is 4.74 Å². The first kappa shape index (κ1) is 27.1. The fraction of sp³-hybridized carbons (Fsp3) is 0.565. The monoisotopic (exact) mass is 544 g/mol. The minimum absolute atomic E-state index is 0.0120. The van der Waals surface area contributed by atoms with E-state index in [0.29, 0.717) is 10.1 Å². The number of rotatable bonds is 10. The van der Waals surface area contributed by atoms with Crippen molar-refractivity contribution in [3.63, 3.8) is 0 Å². The molecule has 0 unspecified atom stereocenters. The van der Waals surface area contributed by atoms with Crippen LogP contribution in [-0.2, 0) is 30.5 Å². The number of halogens is 1. The summed E-state index contributed by atoms with van der Waals surface area (Å²) in [6, 6.07) is 6.19. The molecular formula is C23H33IN2O5. The molecule has 0 bridgehead atoms. The van der Waals surface area contributed by atoms with Gasteiger partial charge in [-0.25, -0.2) is 0 Å². The third-order valence-corrected chi connectivity index (χ3v) is 5.54.